The molecule has 3 aromatic rings. The molecule has 0 bridgehead atoms. The standard InChI is InChI=1S/C19H16ClF3N2O3/c1-18(2,3)28-17(26)25-14(10-12-7-8-15(20)24-16(12)25)11-5-4-6-13(9-11)27-19(21,22)23/h4-10H,1-3H3. The first-order chi connectivity index (χ1) is 12.9. The maximum atomic E-state index is 12.8. The number of rotatable bonds is 2. The summed E-state index contributed by atoms with van der Waals surface area (Å²) >= 11 is 5.96. The number of aromatic nitrogens is 2. The third kappa shape index (κ3) is 4.56. The zero-order chi connectivity index (χ0) is 20.7. The molecule has 0 unspecified atom stereocenters. The van der Waals surface area contributed by atoms with Crippen LogP contribution in [-0.2, 0) is 4.74 Å². The van der Waals surface area contributed by atoms with Crippen LogP contribution in [0, 0.1) is 0 Å². The van der Waals surface area contributed by atoms with E-state index in [9.17, 15) is 18.0 Å². The first-order valence-electron chi connectivity index (χ1n) is 8.20. The van der Waals surface area contributed by atoms with E-state index >= 15 is 0 Å². The van der Waals surface area contributed by atoms with E-state index in [4.69, 9.17) is 16.3 Å². The van der Waals surface area contributed by atoms with Gasteiger partial charge in [0.15, 0.2) is 5.65 Å². The van der Waals surface area contributed by atoms with E-state index in [1.54, 1.807) is 45.0 Å². The lowest BCUT2D eigenvalue weighted by molar-refractivity contribution is -0.274. The molecule has 5 nitrogen and oxygen atoms in total. The van der Waals surface area contributed by atoms with E-state index in [0.717, 1.165) is 0 Å². The van der Waals surface area contributed by atoms with Crippen molar-refractivity contribution in [3.63, 3.8) is 0 Å². The first-order valence-corrected chi connectivity index (χ1v) is 8.58. The highest BCUT2D eigenvalue weighted by Gasteiger charge is 2.31. The highest BCUT2D eigenvalue weighted by atomic mass is 35.5. The molecule has 9 heteroatoms. The normalized spacial score (nSPS) is 12.2. The summed E-state index contributed by atoms with van der Waals surface area (Å²) in [6, 6.07) is 10.1. The Morgan fingerprint density at radius 1 is 1.11 bits per heavy atom. The van der Waals surface area contributed by atoms with Crippen molar-refractivity contribution < 1.29 is 27.4 Å². The molecule has 1 aromatic carbocycles. The summed E-state index contributed by atoms with van der Waals surface area (Å²) in [5.41, 5.74) is 0.0670. The molecule has 0 radical (unpaired) electrons. The van der Waals surface area contributed by atoms with Crippen LogP contribution in [-0.4, -0.2) is 27.6 Å². The lowest BCUT2D eigenvalue weighted by atomic mass is 10.1. The number of nitrogens with zero attached hydrogens (tertiary/aromatic N) is 2. The van der Waals surface area contributed by atoms with Crippen LogP contribution in [0.3, 0.4) is 0 Å². The summed E-state index contributed by atoms with van der Waals surface area (Å²) in [4.78, 5) is 17.0. The van der Waals surface area contributed by atoms with Crippen molar-refractivity contribution in [2.45, 2.75) is 32.7 Å². The monoisotopic (exact) mass is 412 g/mol. The molecule has 0 N–H and O–H groups in total. The number of halogens is 4. The van der Waals surface area contributed by atoms with Crippen molar-refractivity contribution in [3.8, 4) is 17.0 Å². The van der Waals surface area contributed by atoms with Crippen molar-refractivity contribution in [2.75, 3.05) is 0 Å². The molecule has 0 amide bonds. The minimum Gasteiger partial charge on any atom is -0.443 e. The predicted octanol–water partition coefficient (Wildman–Crippen LogP) is 6.04. The van der Waals surface area contributed by atoms with E-state index < -0.39 is 23.8 Å². The average Bonchev–Trinajstić information content (AvgIpc) is 2.90. The van der Waals surface area contributed by atoms with Gasteiger partial charge >= 0.3 is 12.5 Å². The molecule has 0 saturated carbocycles. The zero-order valence-corrected chi connectivity index (χ0v) is 15.9. The third-order valence-corrected chi connectivity index (χ3v) is 3.77. The second-order valence-electron chi connectivity index (χ2n) is 6.97. The Hall–Kier alpha value is -2.74. The maximum Gasteiger partial charge on any atom is 0.573 e. The van der Waals surface area contributed by atoms with Crippen molar-refractivity contribution in [2.24, 2.45) is 0 Å². The number of fused-ring (bicyclic) bond motifs is 1. The van der Waals surface area contributed by atoms with Gasteiger partial charge in [-0.2, -0.15) is 0 Å². The van der Waals surface area contributed by atoms with E-state index in [0.29, 0.717) is 16.6 Å². The number of benzene rings is 1. The average molecular weight is 413 g/mol. The number of alkyl halides is 3. The Bertz CT molecular complexity index is 1040. The second kappa shape index (κ2) is 7.01. The Kier molecular flexibility index (Phi) is 5.01. The molecule has 0 aliphatic carbocycles. The molecular weight excluding hydrogens is 397 g/mol. The quantitative estimate of drug-likeness (QED) is 0.481. The molecular formula is C19H16ClF3N2O3. The molecule has 148 valence electrons. The van der Waals surface area contributed by atoms with Gasteiger partial charge in [0.05, 0.1) is 5.69 Å². The molecule has 0 spiro atoms. The van der Waals surface area contributed by atoms with E-state index in [2.05, 4.69) is 9.72 Å². The Balaban J connectivity index is 2.17. The van der Waals surface area contributed by atoms with Gasteiger partial charge in [0.2, 0.25) is 0 Å². The molecule has 28 heavy (non-hydrogen) atoms. The summed E-state index contributed by atoms with van der Waals surface area (Å²) < 4.78 is 48.3. The molecule has 2 aromatic heterocycles. The Morgan fingerprint density at radius 2 is 1.82 bits per heavy atom. The largest absolute Gasteiger partial charge is 0.573 e. The van der Waals surface area contributed by atoms with Crippen LogP contribution in [0.1, 0.15) is 20.8 Å². The summed E-state index contributed by atoms with van der Waals surface area (Å²) in [5.74, 6) is -0.406. The SMILES string of the molecule is CC(C)(C)OC(=O)n1c(-c2cccc(OC(F)(F)F)c2)cc2ccc(Cl)nc21. The lowest BCUT2D eigenvalue weighted by Crippen LogP contribution is -2.27. The van der Waals surface area contributed by atoms with Crippen LogP contribution < -0.4 is 4.74 Å². The van der Waals surface area contributed by atoms with Gasteiger partial charge in [-0.05, 0) is 51.1 Å². The van der Waals surface area contributed by atoms with Crippen molar-refractivity contribution >= 4 is 28.7 Å². The van der Waals surface area contributed by atoms with E-state index in [1.807, 2.05) is 0 Å². The topological polar surface area (TPSA) is 53.4 Å². The molecule has 3 rings (SSSR count). The number of carbonyl (C=O) groups is 1. The highest BCUT2D eigenvalue weighted by molar-refractivity contribution is 6.29. The van der Waals surface area contributed by atoms with Crippen LogP contribution in [0.4, 0.5) is 18.0 Å². The summed E-state index contributed by atoms with van der Waals surface area (Å²) in [7, 11) is 0. The van der Waals surface area contributed by atoms with Gasteiger partial charge in [0.25, 0.3) is 0 Å². The van der Waals surface area contributed by atoms with Crippen LogP contribution in [0.5, 0.6) is 5.75 Å². The van der Waals surface area contributed by atoms with Gasteiger partial charge in [-0.15, -0.1) is 13.2 Å². The van der Waals surface area contributed by atoms with Gasteiger partial charge in [-0.3, -0.25) is 0 Å². The van der Waals surface area contributed by atoms with Gasteiger partial charge in [-0.25, -0.2) is 14.3 Å². The first kappa shape index (κ1) is 20.0. The fourth-order valence-electron chi connectivity index (χ4n) is 2.61. The van der Waals surface area contributed by atoms with Gasteiger partial charge < -0.3 is 9.47 Å². The third-order valence-electron chi connectivity index (χ3n) is 3.56. The number of hydrogen-bond donors (Lipinski definition) is 0. The Morgan fingerprint density at radius 3 is 2.46 bits per heavy atom. The second-order valence-corrected chi connectivity index (χ2v) is 7.36. The molecule has 0 aliphatic heterocycles. The number of carbonyl (C=O) groups excluding carboxylic acids is 1. The fourth-order valence-corrected chi connectivity index (χ4v) is 2.75. The lowest BCUT2D eigenvalue weighted by Gasteiger charge is -2.21. The smallest absolute Gasteiger partial charge is 0.443 e. The number of hydrogen-bond acceptors (Lipinski definition) is 4. The van der Waals surface area contributed by atoms with Gasteiger partial charge in [0.1, 0.15) is 16.5 Å². The van der Waals surface area contributed by atoms with Crippen LogP contribution in [0.25, 0.3) is 22.3 Å². The molecule has 0 aliphatic rings. The summed E-state index contributed by atoms with van der Waals surface area (Å²) in [6.45, 7) is 5.11. The molecule has 0 fully saturated rings. The summed E-state index contributed by atoms with van der Waals surface area (Å²) in [5, 5.41) is 0.739. The minimum absolute atomic E-state index is 0.163. The number of pyridine rings is 1. The molecule has 2 heterocycles. The molecule has 0 saturated heterocycles. The van der Waals surface area contributed by atoms with Crippen LogP contribution >= 0.6 is 11.6 Å². The fraction of sp³-hybridized carbons (Fsp3) is 0.263. The maximum absolute atomic E-state index is 12.8. The van der Waals surface area contributed by atoms with Crippen molar-refractivity contribution in [3.05, 3.63) is 47.6 Å². The van der Waals surface area contributed by atoms with Crippen molar-refractivity contribution in [1.82, 2.24) is 9.55 Å². The number of ether oxygens (including phenoxy) is 2. The van der Waals surface area contributed by atoms with Crippen molar-refractivity contribution in [1.29, 1.82) is 0 Å². The Labute approximate surface area is 163 Å². The molecule has 0 atom stereocenters. The van der Waals surface area contributed by atoms with Gasteiger partial charge in [-0.1, -0.05) is 23.7 Å². The van der Waals surface area contributed by atoms with Crippen LogP contribution in [0.15, 0.2) is 42.5 Å². The summed E-state index contributed by atoms with van der Waals surface area (Å²) in [6.07, 6.45) is -5.56. The van der Waals surface area contributed by atoms with E-state index in [1.165, 1.54) is 22.8 Å². The van der Waals surface area contributed by atoms with Crippen LogP contribution in [0.2, 0.25) is 5.15 Å². The minimum atomic E-state index is -4.83. The van der Waals surface area contributed by atoms with Gasteiger partial charge in [0, 0.05) is 10.9 Å². The highest BCUT2D eigenvalue weighted by Crippen LogP contribution is 2.32. The predicted molar refractivity (Wildman–Crippen MR) is 98.5 cm³/mol. The zero-order valence-electron chi connectivity index (χ0n) is 15.2. The van der Waals surface area contributed by atoms with E-state index in [-0.39, 0.29) is 10.8 Å².